The second kappa shape index (κ2) is 39.6. The lowest BCUT2D eigenvalue weighted by Gasteiger charge is -2.42. The van der Waals surface area contributed by atoms with E-state index in [0.717, 1.165) is 73.9 Å². The molecule has 0 unspecified atom stereocenters. The fourth-order valence-electron chi connectivity index (χ4n) is 15.3. The molecule has 0 spiro atoms. The predicted octanol–water partition coefficient (Wildman–Crippen LogP) is 2.56. The number of hydrogen-bond acceptors (Lipinski definition) is 29. The van der Waals surface area contributed by atoms with Crippen molar-refractivity contribution in [2.24, 2.45) is 11.7 Å². The predicted molar refractivity (Wildman–Crippen MR) is 438 cm³/mol. The van der Waals surface area contributed by atoms with Crippen molar-refractivity contribution >= 4 is 70.5 Å². The van der Waals surface area contributed by atoms with Crippen LogP contribution in [0.4, 0.5) is 0 Å². The number of carbonyl (C=O) groups is 8. The van der Waals surface area contributed by atoms with Crippen molar-refractivity contribution in [2.45, 2.75) is 175 Å². The number of aromatic hydroxyl groups is 4. The van der Waals surface area contributed by atoms with Gasteiger partial charge in [-0.2, -0.15) is 0 Å². The molecule has 15 rings (SSSR count). The Hall–Kier alpha value is -11.4. The Bertz CT molecular complexity index is 5160. The van der Waals surface area contributed by atoms with Gasteiger partial charge in [-0.15, -0.1) is 0 Å². The molecule has 17 bridgehead atoms. The third kappa shape index (κ3) is 20.7. The van der Waals surface area contributed by atoms with Crippen molar-refractivity contribution in [1.29, 1.82) is 0 Å². The minimum Gasteiger partial charge on any atom is -0.508 e. The topological polar surface area (TPSA) is 578 Å². The number of aliphatic hydroxyl groups excluding tert-OH is 8. The zero-order chi connectivity index (χ0) is 88.6. The van der Waals surface area contributed by atoms with E-state index in [0.29, 0.717) is 18.8 Å². The van der Waals surface area contributed by atoms with Gasteiger partial charge in [-0.1, -0.05) is 87.0 Å². The molecule has 39 heteroatoms. The Balaban J connectivity index is 1.04. The second-order valence-electron chi connectivity index (χ2n) is 31.3. The molecule has 8 amide bonds. The quantitative estimate of drug-likeness (QED) is 0.0460. The molecule has 37 nitrogen and oxygen atoms in total. The largest absolute Gasteiger partial charge is 0.508 e. The molecule has 0 aliphatic carbocycles. The summed E-state index contributed by atoms with van der Waals surface area (Å²) in [6.07, 6.45) is -14.4. The van der Waals surface area contributed by atoms with E-state index in [2.05, 4.69) is 61.7 Å². The van der Waals surface area contributed by atoms with Gasteiger partial charge in [-0.25, -0.2) is 0 Å². The Morgan fingerprint density at radius 2 is 1.08 bits per heavy atom. The number of carbonyl (C=O) groups excluding carboxylic acids is 8. The van der Waals surface area contributed by atoms with Gasteiger partial charge in [0, 0.05) is 55.6 Å². The molecule has 7 aromatic rings. The van der Waals surface area contributed by atoms with E-state index in [9.17, 15) is 70.9 Å². The monoisotopic (exact) mass is 1760 g/mol. The summed E-state index contributed by atoms with van der Waals surface area (Å²) in [4.78, 5) is 124. The summed E-state index contributed by atoms with van der Waals surface area (Å²) in [5.74, 6) is -14.4. The summed E-state index contributed by atoms with van der Waals surface area (Å²) >= 11 is 14.6. The summed E-state index contributed by atoms with van der Waals surface area (Å²) in [5, 5.41) is 158. The number of amides is 8. The lowest BCUT2D eigenvalue weighted by atomic mass is 9.89. The van der Waals surface area contributed by atoms with Gasteiger partial charge in [0.25, 0.3) is 0 Å². The van der Waals surface area contributed by atoms with Crippen LogP contribution in [0.2, 0.25) is 10.0 Å². The van der Waals surface area contributed by atoms with Crippen molar-refractivity contribution in [3.8, 4) is 80.1 Å². The van der Waals surface area contributed by atoms with Crippen LogP contribution < -0.4 is 77.3 Å². The van der Waals surface area contributed by atoms with Gasteiger partial charge in [-0.3, -0.25) is 38.4 Å². The molecule has 17 atom stereocenters. The second-order valence-corrected chi connectivity index (χ2v) is 32.1. The van der Waals surface area contributed by atoms with Gasteiger partial charge < -0.3 is 148 Å². The van der Waals surface area contributed by atoms with E-state index >= 15 is 28.8 Å². The molecule has 23 N–H and O–H groups in total. The molecule has 2 fully saturated rings. The highest BCUT2D eigenvalue weighted by Gasteiger charge is 2.49. The van der Waals surface area contributed by atoms with Gasteiger partial charge in [0.1, 0.15) is 131 Å². The number of nitrogens with one attached hydrogen (secondary N) is 9. The first-order chi connectivity index (χ1) is 59.3. The molecular weight excluding hydrogens is 1660 g/mol. The third-order valence-electron chi connectivity index (χ3n) is 21.9. The minimum absolute atomic E-state index is 0.0685. The van der Waals surface area contributed by atoms with Crippen LogP contribution in [0, 0.1) is 5.92 Å². The van der Waals surface area contributed by atoms with Gasteiger partial charge in [0.05, 0.1) is 29.9 Å². The van der Waals surface area contributed by atoms with Crippen molar-refractivity contribution in [3.05, 3.63) is 164 Å². The summed E-state index contributed by atoms with van der Waals surface area (Å²) in [6.45, 7) is 2.42. The number of nitrogens with two attached hydrogens (primary N) is 1. The Kier molecular flexibility index (Phi) is 28.9. The molecular formula is C85H96Cl2N10O27. The van der Waals surface area contributed by atoms with Crippen LogP contribution >= 0.6 is 23.2 Å². The molecule has 8 heterocycles. The first-order valence-corrected chi connectivity index (χ1v) is 41.0. The van der Waals surface area contributed by atoms with Gasteiger partial charge in [0.15, 0.2) is 23.0 Å². The number of ether oxygens (including phenoxy) is 7. The fraction of sp³-hybridized carbons (Fsp3) is 0.412. The smallest absolute Gasteiger partial charge is 0.248 e. The molecule has 124 heavy (non-hydrogen) atoms. The van der Waals surface area contributed by atoms with Crippen LogP contribution in [0.1, 0.15) is 128 Å². The lowest BCUT2D eigenvalue weighted by molar-refractivity contribution is -0.277. The maximum absolute atomic E-state index is 16.8. The number of unbranched alkanes of at least 4 members (excludes halogenated alkanes) is 3. The summed E-state index contributed by atoms with van der Waals surface area (Å²) in [6, 6.07) is 7.01. The number of halogens is 2. The zero-order valence-electron chi connectivity index (χ0n) is 66.8. The van der Waals surface area contributed by atoms with Crippen molar-refractivity contribution in [2.75, 3.05) is 39.5 Å². The number of fused-ring (bicyclic) bond motifs is 14. The van der Waals surface area contributed by atoms with Crippen molar-refractivity contribution < 1.29 is 133 Å². The highest BCUT2D eigenvalue weighted by Crippen LogP contribution is 2.50. The maximum Gasteiger partial charge on any atom is 0.248 e. The Morgan fingerprint density at radius 1 is 0.516 bits per heavy atom. The minimum atomic E-state index is -2.36. The first kappa shape index (κ1) is 90.3. The fourth-order valence-corrected chi connectivity index (χ4v) is 15.8. The maximum atomic E-state index is 16.8. The number of phenolic OH excluding ortho intramolecular Hbond substituents is 4. The molecule has 662 valence electrons. The van der Waals surface area contributed by atoms with E-state index < -0.39 is 245 Å². The van der Waals surface area contributed by atoms with Crippen molar-refractivity contribution in [3.63, 3.8) is 0 Å². The number of aliphatic hydroxyl groups is 8. The van der Waals surface area contributed by atoms with E-state index in [1.165, 1.54) is 60.7 Å². The highest BCUT2D eigenvalue weighted by molar-refractivity contribution is 6.32. The third-order valence-corrected chi connectivity index (χ3v) is 22.5. The van der Waals surface area contributed by atoms with Crippen LogP contribution in [0.5, 0.6) is 69.0 Å². The molecule has 0 aromatic heterocycles. The van der Waals surface area contributed by atoms with E-state index in [1.54, 1.807) is 0 Å². The van der Waals surface area contributed by atoms with Gasteiger partial charge >= 0.3 is 0 Å². The molecule has 0 radical (unpaired) electrons. The van der Waals surface area contributed by atoms with Crippen molar-refractivity contribution in [1.82, 2.24) is 47.9 Å². The lowest BCUT2D eigenvalue weighted by Crippen LogP contribution is -2.65. The average molecular weight is 1760 g/mol. The first-order valence-electron chi connectivity index (χ1n) is 40.2. The SMILES string of the molecule is CC(C)CCCCCCC(=O)N[C@H]1[C@H](Oc2c3cc4cc2Oc2ccc(cc2Cl)C[C@H]2NC(=O)[C@@H](N)c5ccc(O)c(c5)Oc5cc(O)cc(c5)[C@H](NC2=O)C(=O)N[C@H]4C(=O)N[C@H]2C(=O)N[C@@H](Cc4ccc(c(Cl)c4)O3)C(=O)N[C@@H](C(=O)NCCCNCCO)c3cc(O)cc(O[C@H]4O[C@H](CO)[C@@H](O)[C@H](O)[C@@H]4O)c3-c3cc2ccc3O)O[C@H](CO)[C@@H](O)[C@@H]1O. The Labute approximate surface area is 718 Å². The van der Waals surface area contributed by atoms with Crippen LogP contribution in [0.25, 0.3) is 11.1 Å². The summed E-state index contributed by atoms with van der Waals surface area (Å²) in [7, 11) is 0. The Morgan fingerprint density at radius 3 is 1.72 bits per heavy atom. The highest BCUT2D eigenvalue weighted by atomic mass is 35.5. The average Bonchev–Trinajstić information content (AvgIpc) is 0.753. The molecule has 7 aromatic carbocycles. The molecule has 0 saturated carbocycles. The van der Waals surface area contributed by atoms with E-state index in [4.69, 9.17) is 62.1 Å². The van der Waals surface area contributed by atoms with Gasteiger partial charge in [-0.05, 0) is 143 Å². The van der Waals surface area contributed by atoms with Crippen LogP contribution in [-0.4, -0.2) is 221 Å². The summed E-state index contributed by atoms with van der Waals surface area (Å²) < 4.78 is 44.8. The number of benzene rings is 7. The molecule has 2 saturated heterocycles. The molecule has 8 aliphatic rings. The van der Waals surface area contributed by atoms with Gasteiger partial charge in [0.2, 0.25) is 65.6 Å². The summed E-state index contributed by atoms with van der Waals surface area (Å²) in [5.41, 5.74) is 4.67. The van der Waals surface area contributed by atoms with E-state index in [-0.39, 0.29) is 99.9 Å². The van der Waals surface area contributed by atoms with Crippen LogP contribution in [0.3, 0.4) is 0 Å². The van der Waals surface area contributed by atoms with Crippen LogP contribution in [0.15, 0.2) is 115 Å². The number of hydrogen-bond donors (Lipinski definition) is 22. The number of rotatable bonds is 21. The van der Waals surface area contributed by atoms with E-state index in [1.807, 2.05) is 0 Å². The number of phenols is 4. The normalized spacial score (nSPS) is 25.7. The molecule has 8 aliphatic heterocycles. The zero-order valence-corrected chi connectivity index (χ0v) is 68.3. The standard InChI is InChI=1S/C85H96Cl2N10O27/c1-37(2)8-5-3-4-6-9-63(105)93-70-73(108)71(106)61(35-99)122-84(70)124-76-59-30-43-31-60(76)120-56-17-11-39(23-50(56)87)25-52-78(112)97-69(80(114)90-19-7-18-89-20-21-98)48-33-45(102)34-58(121-85-75(110)74(109)72(107)62(36-100)123-85)64(48)47-28-41(13-14-53(47)103)66(81(115)92-52)95-83(117)68(43)96-82(116)67-42-26-44(101)32-46(27-42)118-57-29-40(12-15-54(57)104)65(88)79(113)91-51(77(111)94-67)24-38-10-16-55(119-59)49(86)22-38/h10-17,22-23,26-34,37,51-52,61-62,65-75,84-85,89,98-104,106-110H,3-9,18-21,24-25,35-36,88H2,1-2H3,(H,90,114)(H,91,113)(H,92,115)(H,93,105)(H,94,111)(H,95,117)(H,96,116)(H,97,112)/t51-,52+,61-,62-,65+,66-,67+,68-,69-,70-,71-,72-,73-,74+,75+,84+,85+/m1/s1. The van der Waals surface area contributed by atoms with Crippen LogP contribution in [-0.2, 0) is 60.7 Å².